The summed E-state index contributed by atoms with van der Waals surface area (Å²) in [6, 6.07) is 21.0. The minimum Gasteiger partial charge on any atom is -0.345 e. The second kappa shape index (κ2) is 9.06. The van der Waals surface area contributed by atoms with Crippen LogP contribution < -0.4 is 10.6 Å². The number of imidazole rings is 1. The normalized spacial score (nSPS) is 10.8. The van der Waals surface area contributed by atoms with Gasteiger partial charge < -0.3 is 15.2 Å². The van der Waals surface area contributed by atoms with E-state index in [1.807, 2.05) is 79.9 Å². The molecule has 0 atom stereocenters. The van der Waals surface area contributed by atoms with Gasteiger partial charge in [-0.3, -0.25) is 9.59 Å². The third-order valence-electron chi connectivity index (χ3n) is 5.50. The molecule has 0 spiro atoms. The summed E-state index contributed by atoms with van der Waals surface area (Å²) in [7, 11) is 0. The molecule has 0 fully saturated rings. The molecule has 6 nitrogen and oxygen atoms in total. The molecule has 0 aliphatic rings. The molecule has 162 valence electrons. The van der Waals surface area contributed by atoms with E-state index in [2.05, 4.69) is 15.6 Å². The van der Waals surface area contributed by atoms with E-state index >= 15 is 0 Å². The Morgan fingerprint density at radius 2 is 1.56 bits per heavy atom. The fraction of sp³-hybridized carbons (Fsp3) is 0.192. The zero-order valence-corrected chi connectivity index (χ0v) is 18.5. The van der Waals surface area contributed by atoms with Gasteiger partial charge >= 0.3 is 0 Å². The van der Waals surface area contributed by atoms with E-state index in [0.717, 1.165) is 33.4 Å². The van der Waals surface area contributed by atoms with Crippen molar-refractivity contribution < 1.29 is 9.59 Å². The van der Waals surface area contributed by atoms with Gasteiger partial charge in [-0.05, 0) is 56.2 Å². The van der Waals surface area contributed by atoms with E-state index in [1.54, 1.807) is 12.1 Å². The average molecular weight is 427 g/mol. The number of benzene rings is 3. The first-order valence-electron chi connectivity index (χ1n) is 10.6. The molecule has 2 amide bonds. The molecule has 0 unspecified atom stereocenters. The highest BCUT2D eigenvalue weighted by Gasteiger charge is 2.16. The summed E-state index contributed by atoms with van der Waals surface area (Å²) in [6.45, 7) is 6.25. The number of hydrogen-bond acceptors (Lipinski definition) is 3. The smallest absolute Gasteiger partial charge is 0.251 e. The number of rotatable bonds is 6. The van der Waals surface area contributed by atoms with Gasteiger partial charge in [0.1, 0.15) is 12.4 Å². The molecule has 4 rings (SSSR count). The summed E-state index contributed by atoms with van der Waals surface area (Å²) in [4.78, 5) is 30.1. The largest absolute Gasteiger partial charge is 0.345 e. The van der Waals surface area contributed by atoms with Crippen molar-refractivity contribution in [1.29, 1.82) is 0 Å². The van der Waals surface area contributed by atoms with Crippen molar-refractivity contribution in [2.45, 2.75) is 33.9 Å². The van der Waals surface area contributed by atoms with Crippen molar-refractivity contribution in [2.24, 2.45) is 0 Å². The van der Waals surface area contributed by atoms with Gasteiger partial charge in [0.05, 0.1) is 17.6 Å². The number of aryl methyl sites for hydroxylation is 3. The number of fused-ring (bicyclic) bond motifs is 1. The summed E-state index contributed by atoms with van der Waals surface area (Å²) in [6.07, 6.45) is 0. The highest BCUT2D eigenvalue weighted by molar-refractivity contribution is 5.94. The molecule has 1 heterocycles. The maximum atomic E-state index is 12.9. The maximum Gasteiger partial charge on any atom is 0.251 e. The Hall–Kier alpha value is -3.93. The van der Waals surface area contributed by atoms with E-state index < -0.39 is 0 Å². The molecule has 6 heteroatoms. The lowest BCUT2D eigenvalue weighted by molar-refractivity contribution is -0.116. The number of nitrogens with one attached hydrogen (secondary N) is 2. The lowest BCUT2D eigenvalue weighted by atomic mass is 10.1. The quantitative estimate of drug-likeness (QED) is 0.476. The second-order valence-electron chi connectivity index (χ2n) is 7.97. The van der Waals surface area contributed by atoms with Crippen LogP contribution in [0.1, 0.15) is 32.9 Å². The molecule has 3 aromatic carbocycles. The summed E-state index contributed by atoms with van der Waals surface area (Å²) >= 11 is 0. The van der Waals surface area contributed by atoms with E-state index in [4.69, 9.17) is 0 Å². The van der Waals surface area contributed by atoms with Gasteiger partial charge in [-0.15, -0.1) is 0 Å². The van der Waals surface area contributed by atoms with E-state index in [9.17, 15) is 9.59 Å². The van der Waals surface area contributed by atoms with Gasteiger partial charge in [-0.2, -0.15) is 0 Å². The molecular formula is C26H26N4O2. The Bertz CT molecular complexity index is 1270. The zero-order chi connectivity index (χ0) is 22.7. The standard InChI is InChI=1S/C26H26N4O2/c1-17-11-13-20(14-12-17)26(32)27-15-23-28-21-9-4-5-10-22(21)30(23)16-24(31)29-25-18(2)7-6-8-19(25)3/h4-14H,15-16H2,1-3H3,(H,27,32)(H,29,31). The van der Waals surface area contributed by atoms with Gasteiger partial charge in [0.25, 0.3) is 5.91 Å². The number of anilines is 1. The minimum absolute atomic E-state index is 0.101. The second-order valence-corrected chi connectivity index (χ2v) is 7.97. The van der Waals surface area contributed by atoms with Crippen molar-refractivity contribution in [3.8, 4) is 0 Å². The molecule has 0 radical (unpaired) electrons. The Kier molecular flexibility index (Phi) is 6.03. The van der Waals surface area contributed by atoms with Crippen LogP contribution in [0.4, 0.5) is 5.69 Å². The molecule has 0 aliphatic heterocycles. The first-order valence-corrected chi connectivity index (χ1v) is 10.6. The van der Waals surface area contributed by atoms with Gasteiger partial charge in [-0.25, -0.2) is 4.98 Å². The molecule has 0 saturated heterocycles. The van der Waals surface area contributed by atoms with Gasteiger partial charge in [0, 0.05) is 11.3 Å². The highest BCUT2D eigenvalue weighted by atomic mass is 16.2. The summed E-state index contributed by atoms with van der Waals surface area (Å²) in [5, 5.41) is 5.95. The van der Waals surface area contributed by atoms with Crippen molar-refractivity contribution in [3.63, 3.8) is 0 Å². The SMILES string of the molecule is Cc1ccc(C(=O)NCc2nc3ccccc3n2CC(=O)Nc2c(C)cccc2C)cc1. The summed E-state index contributed by atoms with van der Waals surface area (Å²) in [5.41, 5.74) is 6.18. The van der Waals surface area contributed by atoms with Gasteiger partial charge in [0.2, 0.25) is 5.91 Å². The molecule has 32 heavy (non-hydrogen) atoms. The molecule has 0 bridgehead atoms. The summed E-state index contributed by atoms with van der Waals surface area (Å²) in [5.74, 6) is 0.309. The van der Waals surface area contributed by atoms with Crippen LogP contribution in [-0.2, 0) is 17.9 Å². The summed E-state index contributed by atoms with van der Waals surface area (Å²) < 4.78 is 1.85. The molecule has 0 saturated carbocycles. The maximum absolute atomic E-state index is 12.9. The predicted octanol–water partition coefficient (Wildman–Crippen LogP) is 4.53. The van der Waals surface area contributed by atoms with E-state index in [1.165, 1.54) is 0 Å². The van der Waals surface area contributed by atoms with Crippen LogP contribution in [0.25, 0.3) is 11.0 Å². The van der Waals surface area contributed by atoms with Crippen LogP contribution in [0.3, 0.4) is 0 Å². The van der Waals surface area contributed by atoms with Crippen molar-refractivity contribution in [2.75, 3.05) is 5.32 Å². The Balaban J connectivity index is 1.55. The lowest BCUT2D eigenvalue weighted by Gasteiger charge is -2.14. The fourth-order valence-corrected chi connectivity index (χ4v) is 3.74. The van der Waals surface area contributed by atoms with Crippen LogP contribution in [0.5, 0.6) is 0 Å². The zero-order valence-electron chi connectivity index (χ0n) is 18.5. The third-order valence-corrected chi connectivity index (χ3v) is 5.50. The number of amides is 2. The average Bonchev–Trinajstić information content (AvgIpc) is 3.12. The molecule has 1 aromatic heterocycles. The van der Waals surface area contributed by atoms with Crippen LogP contribution in [0.2, 0.25) is 0 Å². The number of carbonyl (C=O) groups excluding carboxylic acids is 2. The number of aromatic nitrogens is 2. The third kappa shape index (κ3) is 4.54. The molecule has 2 N–H and O–H groups in total. The fourth-order valence-electron chi connectivity index (χ4n) is 3.74. The molecular weight excluding hydrogens is 400 g/mol. The van der Waals surface area contributed by atoms with Crippen molar-refractivity contribution in [3.05, 3.63) is 94.8 Å². The van der Waals surface area contributed by atoms with Crippen molar-refractivity contribution in [1.82, 2.24) is 14.9 Å². The van der Waals surface area contributed by atoms with Crippen LogP contribution in [0, 0.1) is 20.8 Å². The number of hydrogen-bond donors (Lipinski definition) is 2. The number of nitrogens with zero attached hydrogens (tertiary/aromatic N) is 2. The van der Waals surface area contributed by atoms with Crippen LogP contribution in [0.15, 0.2) is 66.7 Å². The Morgan fingerprint density at radius 1 is 0.875 bits per heavy atom. The first-order chi connectivity index (χ1) is 15.4. The van der Waals surface area contributed by atoms with E-state index in [-0.39, 0.29) is 24.9 Å². The topological polar surface area (TPSA) is 76.0 Å². The monoisotopic (exact) mass is 426 g/mol. The van der Waals surface area contributed by atoms with E-state index in [0.29, 0.717) is 11.4 Å². The molecule has 0 aliphatic carbocycles. The lowest BCUT2D eigenvalue weighted by Crippen LogP contribution is -2.26. The van der Waals surface area contributed by atoms with Crippen molar-refractivity contribution >= 4 is 28.5 Å². The van der Waals surface area contributed by atoms with Crippen LogP contribution >= 0.6 is 0 Å². The minimum atomic E-state index is -0.177. The molecule has 4 aromatic rings. The van der Waals surface area contributed by atoms with Gasteiger partial charge in [-0.1, -0.05) is 48.0 Å². The first kappa shape index (κ1) is 21.3. The Morgan fingerprint density at radius 3 is 2.28 bits per heavy atom. The highest BCUT2D eigenvalue weighted by Crippen LogP contribution is 2.21. The number of para-hydroxylation sites is 3. The predicted molar refractivity (Wildman–Crippen MR) is 127 cm³/mol. The number of carbonyl (C=O) groups is 2. The Labute approximate surface area is 187 Å². The van der Waals surface area contributed by atoms with Crippen LogP contribution in [-0.4, -0.2) is 21.4 Å². The van der Waals surface area contributed by atoms with Gasteiger partial charge in [0.15, 0.2) is 0 Å².